The maximum absolute atomic E-state index is 11.5. The van der Waals surface area contributed by atoms with Gasteiger partial charge in [0.25, 0.3) is 0 Å². The summed E-state index contributed by atoms with van der Waals surface area (Å²) in [6.07, 6.45) is 1.20. The Balaban J connectivity index is 2.02. The minimum absolute atomic E-state index is 0.366. The predicted octanol–water partition coefficient (Wildman–Crippen LogP) is -2.74. The third-order valence-electron chi connectivity index (χ3n) is 3.00. The van der Waals surface area contributed by atoms with Crippen LogP contribution in [0, 0.1) is 0 Å². The lowest BCUT2D eigenvalue weighted by molar-refractivity contribution is -0.139. The van der Waals surface area contributed by atoms with E-state index in [9.17, 15) is 14.4 Å². The van der Waals surface area contributed by atoms with Gasteiger partial charge in [0.1, 0.15) is 0 Å². The molecular formula is C12H23N5O3. The zero-order valence-corrected chi connectivity index (χ0v) is 11.6. The minimum atomic E-state index is -0.628. The molecule has 8 heteroatoms. The summed E-state index contributed by atoms with van der Waals surface area (Å²) >= 11 is 0. The van der Waals surface area contributed by atoms with Crippen LogP contribution in [0.15, 0.2) is 0 Å². The normalized spacial score (nSPS) is 15.4. The van der Waals surface area contributed by atoms with Crippen molar-refractivity contribution in [3.63, 3.8) is 0 Å². The van der Waals surface area contributed by atoms with E-state index >= 15 is 0 Å². The summed E-state index contributed by atoms with van der Waals surface area (Å²) in [4.78, 5) is 35.1. The van der Waals surface area contributed by atoms with Crippen LogP contribution in [0.4, 0.5) is 0 Å². The van der Waals surface area contributed by atoms with Gasteiger partial charge < -0.3 is 21.3 Å². The number of carbonyl (C=O) groups is 3. The van der Waals surface area contributed by atoms with Crippen LogP contribution >= 0.6 is 0 Å². The van der Waals surface area contributed by atoms with Crippen molar-refractivity contribution in [1.82, 2.24) is 26.2 Å². The summed E-state index contributed by atoms with van der Waals surface area (Å²) in [5.74, 6) is -1.24. The molecular weight excluding hydrogens is 262 g/mol. The summed E-state index contributed by atoms with van der Waals surface area (Å²) in [7, 11) is 0. The molecule has 0 bridgehead atoms. The number of piperazine rings is 1. The topological polar surface area (TPSA) is 103 Å². The first-order valence-corrected chi connectivity index (χ1v) is 6.90. The maximum Gasteiger partial charge on any atom is 0.309 e. The molecule has 0 aromatic carbocycles. The highest BCUT2D eigenvalue weighted by Gasteiger charge is 2.13. The first-order chi connectivity index (χ1) is 9.74. The van der Waals surface area contributed by atoms with Gasteiger partial charge in [0, 0.05) is 52.4 Å². The first kappa shape index (κ1) is 16.4. The Morgan fingerprint density at radius 1 is 1.05 bits per heavy atom. The predicted molar refractivity (Wildman–Crippen MR) is 74.0 cm³/mol. The molecule has 0 aliphatic carbocycles. The first-order valence-electron chi connectivity index (χ1n) is 6.90. The molecule has 0 aromatic heterocycles. The molecule has 1 aliphatic heterocycles. The standard InChI is InChI=1S/C12H23N5O3/c18-10-14-2-1-3-15-11(19)12(20)16-6-9-17-7-4-13-5-8-17/h10,13H,1-9H2,(H,14,18)(H,15,19)(H,16,20). The third kappa shape index (κ3) is 7.05. The summed E-state index contributed by atoms with van der Waals surface area (Å²) in [5.41, 5.74) is 0. The van der Waals surface area contributed by atoms with Crippen LogP contribution in [0.25, 0.3) is 0 Å². The molecule has 1 heterocycles. The third-order valence-corrected chi connectivity index (χ3v) is 3.00. The lowest BCUT2D eigenvalue weighted by Crippen LogP contribution is -2.48. The van der Waals surface area contributed by atoms with Crippen molar-refractivity contribution >= 4 is 18.2 Å². The number of rotatable bonds is 8. The summed E-state index contributed by atoms with van der Waals surface area (Å²) in [6.45, 7) is 5.92. The van der Waals surface area contributed by atoms with E-state index < -0.39 is 11.8 Å². The molecule has 0 aromatic rings. The van der Waals surface area contributed by atoms with Gasteiger partial charge in [-0.3, -0.25) is 19.3 Å². The largest absolute Gasteiger partial charge is 0.359 e. The zero-order chi connectivity index (χ0) is 14.6. The van der Waals surface area contributed by atoms with E-state index in [1.165, 1.54) is 0 Å². The van der Waals surface area contributed by atoms with E-state index in [1.54, 1.807) is 0 Å². The molecule has 20 heavy (non-hydrogen) atoms. The van der Waals surface area contributed by atoms with Crippen LogP contribution in [-0.2, 0) is 14.4 Å². The van der Waals surface area contributed by atoms with E-state index in [4.69, 9.17) is 0 Å². The second kappa shape index (κ2) is 10.2. The van der Waals surface area contributed by atoms with Gasteiger partial charge in [-0.05, 0) is 6.42 Å². The smallest absolute Gasteiger partial charge is 0.309 e. The summed E-state index contributed by atoms with van der Waals surface area (Å²) in [5, 5.41) is 10.8. The highest BCUT2D eigenvalue weighted by molar-refractivity contribution is 6.35. The number of nitrogens with one attached hydrogen (secondary N) is 4. The number of carbonyl (C=O) groups excluding carboxylic acids is 3. The van der Waals surface area contributed by atoms with Gasteiger partial charge in [-0.25, -0.2) is 0 Å². The lowest BCUT2D eigenvalue weighted by atomic mass is 10.3. The fourth-order valence-corrected chi connectivity index (χ4v) is 1.87. The van der Waals surface area contributed by atoms with Gasteiger partial charge >= 0.3 is 11.8 Å². The van der Waals surface area contributed by atoms with Gasteiger partial charge in [0.05, 0.1) is 0 Å². The Hall–Kier alpha value is -1.67. The van der Waals surface area contributed by atoms with E-state index in [-0.39, 0.29) is 0 Å². The molecule has 1 fully saturated rings. The van der Waals surface area contributed by atoms with Crippen molar-refractivity contribution in [1.29, 1.82) is 0 Å². The molecule has 0 radical (unpaired) electrons. The Morgan fingerprint density at radius 3 is 2.35 bits per heavy atom. The molecule has 1 saturated heterocycles. The number of hydrogen-bond acceptors (Lipinski definition) is 5. The molecule has 0 atom stereocenters. The van der Waals surface area contributed by atoms with Crippen LogP contribution in [0.1, 0.15) is 6.42 Å². The Morgan fingerprint density at radius 2 is 1.70 bits per heavy atom. The van der Waals surface area contributed by atoms with Crippen LogP contribution in [0.5, 0.6) is 0 Å². The quantitative estimate of drug-likeness (QED) is 0.220. The van der Waals surface area contributed by atoms with Crippen molar-refractivity contribution in [3.05, 3.63) is 0 Å². The van der Waals surface area contributed by atoms with Gasteiger partial charge in [-0.15, -0.1) is 0 Å². The highest BCUT2D eigenvalue weighted by Crippen LogP contribution is 1.89. The number of hydrogen-bond donors (Lipinski definition) is 4. The van der Waals surface area contributed by atoms with Crippen LogP contribution in [-0.4, -0.2) is 75.5 Å². The van der Waals surface area contributed by atoms with Crippen LogP contribution in [0.2, 0.25) is 0 Å². The van der Waals surface area contributed by atoms with Crippen molar-refractivity contribution < 1.29 is 14.4 Å². The van der Waals surface area contributed by atoms with E-state index in [0.717, 1.165) is 32.7 Å². The van der Waals surface area contributed by atoms with E-state index in [2.05, 4.69) is 26.2 Å². The monoisotopic (exact) mass is 285 g/mol. The molecule has 114 valence electrons. The van der Waals surface area contributed by atoms with Crippen molar-refractivity contribution in [2.45, 2.75) is 6.42 Å². The Kier molecular flexibility index (Phi) is 8.32. The van der Waals surface area contributed by atoms with E-state index in [0.29, 0.717) is 32.5 Å². The van der Waals surface area contributed by atoms with Crippen molar-refractivity contribution in [3.8, 4) is 0 Å². The molecule has 1 aliphatic rings. The van der Waals surface area contributed by atoms with Crippen LogP contribution in [0.3, 0.4) is 0 Å². The maximum atomic E-state index is 11.5. The summed E-state index contributed by atoms with van der Waals surface area (Å²) < 4.78 is 0. The molecule has 4 N–H and O–H groups in total. The minimum Gasteiger partial charge on any atom is -0.359 e. The van der Waals surface area contributed by atoms with Crippen LogP contribution < -0.4 is 21.3 Å². The summed E-state index contributed by atoms with van der Waals surface area (Å²) in [6, 6.07) is 0. The second-order valence-corrected chi connectivity index (χ2v) is 4.53. The molecule has 8 nitrogen and oxygen atoms in total. The fourth-order valence-electron chi connectivity index (χ4n) is 1.87. The molecule has 1 rings (SSSR count). The second-order valence-electron chi connectivity index (χ2n) is 4.53. The zero-order valence-electron chi connectivity index (χ0n) is 11.6. The average molecular weight is 285 g/mol. The highest BCUT2D eigenvalue weighted by atomic mass is 16.2. The van der Waals surface area contributed by atoms with Gasteiger partial charge in [-0.1, -0.05) is 0 Å². The Bertz CT molecular complexity index is 318. The number of amides is 3. The lowest BCUT2D eigenvalue weighted by Gasteiger charge is -2.26. The van der Waals surface area contributed by atoms with E-state index in [1.807, 2.05) is 0 Å². The van der Waals surface area contributed by atoms with Crippen molar-refractivity contribution in [2.75, 3.05) is 52.4 Å². The Labute approximate surface area is 118 Å². The van der Waals surface area contributed by atoms with Gasteiger partial charge in [0.15, 0.2) is 0 Å². The average Bonchev–Trinajstić information content (AvgIpc) is 2.47. The van der Waals surface area contributed by atoms with Crippen molar-refractivity contribution in [2.24, 2.45) is 0 Å². The molecule has 0 spiro atoms. The fraction of sp³-hybridized carbons (Fsp3) is 0.750. The van der Waals surface area contributed by atoms with Gasteiger partial charge in [-0.2, -0.15) is 0 Å². The molecule has 0 saturated carbocycles. The van der Waals surface area contributed by atoms with Gasteiger partial charge in [0.2, 0.25) is 6.41 Å². The SMILES string of the molecule is O=CNCCCNC(=O)C(=O)NCCN1CCNCC1. The molecule has 0 unspecified atom stereocenters. The molecule has 3 amide bonds. The number of nitrogens with zero attached hydrogens (tertiary/aromatic N) is 1.